The quantitative estimate of drug-likeness (QED) is 0.786. The van der Waals surface area contributed by atoms with E-state index >= 15 is 0 Å². The van der Waals surface area contributed by atoms with Crippen LogP contribution >= 0.6 is 0 Å². The normalized spacial score (nSPS) is 27.2. The predicted octanol–water partition coefficient (Wildman–Crippen LogP) is 0.294. The molecule has 0 saturated carbocycles. The fourth-order valence-corrected chi connectivity index (χ4v) is 4.23. The summed E-state index contributed by atoms with van der Waals surface area (Å²) in [6.07, 6.45) is 6.94. The van der Waals surface area contributed by atoms with Gasteiger partial charge in [0.25, 0.3) is 0 Å². The lowest BCUT2D eigenvalue weighted by Gasteiger charge is -2.50. The SMILES string of the molecule is CN1CCCCC(N2CC(N3CCN(c4ncccn4)CC3)C2)C1=O. The van der Waals surface area contributed by atoms with Crippen LogP contribution in [-0.2, 0) is 4.79 Å². The minimum Gasteiger partial charge on any atom is -0.344 e. The second-order valence-corrected chi connectivity index (χ2v) is 7.45. The number of amides is 1. The number of hydrogen-bond donors (Lipinski definition) is 0. The van der Waals surface area contributed by atoms with Gasteiger partial charge in [0, 0.05) is 71.3 Å². The number of likely N-dealkylation sites (tertiary alicyclic amines) is 2. The maximum absolute atomic E-state index is 12.5. The van der Waals surface area contributed by atoms with Gasteiger partial charge in [-0.25, -0.2) is 9.97 Å². The van der Waals surface area contributed by atoms with Crippen molar-refractivity contribution in [1.29, 1.82) is 0 Å². The van der Waals surface area contributed by atoms with Gasteiger partial charge in [-0.1, -0.05) is 0 Å². The first-order valence-corrected chi connectivity index (χ1v) is 9.47. The third-order valence-corrected chi connectivity index (χ3v) is 5.88. The minimum atomic E-state index is 0.114. The molecule has 1 aromatic rings. The molecule has 0 radical (unpaired) electrons. The molecule has 1 atom stereocenters. The smallest absolute Gasteiger partial charge is 0.239 e. The van der Waals surface area contributed by atoms with Crippen LogP contribution in [0.3, 0.4) is 0 Å². The summed E-state index contributed by atoms with van der Waals surface area (Å²) in [7, 11) is 1.95. The number of rotatable bonds is 3. The molecule has 0 spiro atoms. The number of anilines is 1. The first-order valence-electron chi connectivity index (χ1n) is 9.47. The van der Waals surface area contributed by atoms with Crippen molar-refractivity contribution in [2.45, 2.75) is 31.3 Å². The first-order chi connectivity index (χ1) is 12.2. The molecule has 25 heavy (non-hydrogen) atoms. The van der Waals surface area contributed by atoms with Crippen LogP contribution < -0.4 is 4.90 Å². The maximum atomic E-state index is 12.5. The zero-order valence-electron chi connectivity index (χ0n) is 15.0. The molecular weight excluding hydrogens is 316 g/mol. The van der Waals surface area contributed by atoms with Crippen LogP contribution in [0.1, 0.15) is 19.3 Å². The monoisotopic (exact) mass is 344 g/mol. The van der Waals surface area contributed by atoms with Gasteiger partial charge >= 0.3 is 0 Å². The van der Waals surface area contributed by atoms with E-state index in [1.54, 1.807) is 12.4 Å². The maximum Gasteiger partial charge on any atom is 0.239 e. The fraction of sp³-hybridized carbons (Fsp3) is 0.722. The summed E-state index contributed by atoms with van der Waals surface area (Å²) >= 11 is 0. The van der Waals surface area contributed by atoms with E-state index in [0.717, 1.165) is 71.0 Å². The molecule has 0 aromatic carbocycles. The molecule has 3 aliphatic rings. The largest absolute Gasteiger partial charge is 0.344 e. The van der Waals surface area contributed by atoms with E-state index in [0.29, 0.717) is 11.9 Å². The zero-order valence-corrected chi connectivity index (χ0v) is 15.0. The summed E-state index contributed by atoms with van der Waals surface area (Å²) < 4.78 is 0. The average Bonchev–Trinajstić information content (AvgIpc) is 2.78. The van der Waals surface area contributed by atoms with E-state index in [2.05, 4.69) is 24.7 Å². The predicted molar refractivity (Wildman–Crippen MR) is 96.5 cm³/mol. The molecule has 7 heteroatoms. The number of hydrogen-bond acceptors (Lipinski definition) is 6. The summed E-state index contributed by atoms with van der Waals surface area (Å²) in [5.74, 6) is 1.16. The van der Waals surface area contributed by atoms with E-state index in [-0.39, 0.29) is 6.04 Å². The second kappa shape index (κ2) is 7.25. The average molecular weight is 344 g/mol. The van der Waals surface area contributed by atoms with E-state index < -0.39 is 0 Å². The summed E-state index contributed by atoms with van der Waals surface area (Å²) in [6.45, 7) is 7.04. The molecule has 3 fully saturated rings. The standard InChI is InChI=1S/C18H28N6O/c1-21-8-3-2-5-16(17(21)25)24-13-15(14-24)22-9-11-23(12-10-22)18-19-6-4-7-20-18/h4,6-7,15-16H,2-3,5,8-14H2,1H3. The highest BCUT2D eigenvalue weighted by atomic mass is 16.2. The number of carbonyl (C=O) groups excluding carboxylic acids is 1. The Balaban J connectivity index is 1.27. The van der Waals surface area contributed by atoms with Gasteiger partial charge in [-0.15, -0.1) is 0 Å². The molecule has 4 heterocycles. The van der Waals surface area contributed by atoms with Crippen LogP contribution in [0.4, 0.5) is 5.95 Å². The summed E-state index contributed by atoms with van der Waals surface area (Å²) in [4.78, 5) is 30.4. The highest BCUT2D eigenvalue weighted by molar-refractivity contribution is 5.82. The Morgan fingerprint density at radius 3 is 2.40 bits per heavy atom. The van der Waals surface area contributed by atoms with Crippen molar-refractivity contribution in [2.75, 3.05) is 57.8 Å². The van der Waals surface area contributed by atoms with E-state index in [1.807, 2.05) is 18.0 Å². The minimum absolute atomic E-state index is 0.114. The fourth-order valence-electron chi connectivity index (χ4n) is 4.23. The van der Waals surface area contributed by atoms with Crippen molar-refractivity contribution < 1.29 is 4.79 Å². The molecule has 0 N–H and O–H groups in total. The highest BCUT2D eigenvalue weighted by Crippen LogP contribution is 2.25. The lowest BCUT2D eigenvalue weighted by atomic mass is 9.99. The molecular formula is C18H28N6O. The number of likely N-dealkylation sites (N-methyl/N-ethyl adjacent to an activating group) is 1. The lowest BCUT2D eigenvalue weighted by Crippen LogP contribution is -2.66. The topological polar surface area (TPSA) is 55.8 Å². The van der Waals surface area contributed by atoms with Crippen molar-refractivity contribution >= 4 is 11.9 Å². The molecule has 0 bridgehead atoms. The number of carbonyl (C=O) groups is 1. The Bertz CT molecular complexity index is 582. The molecule has 136 valence electrons. The lowest BCUT2D eigenvalue weighted by molar-refractivity contribution is -0.138. The number of aromatic nitrogens is 2. The van der Waals surface area contributed by atoms with Crippen molar-refractivity contribution in [3.63, 3.8) is 0 Å². The third kappa shape index (κ3) is 3.48. The van der Waals surface area contributed by atoms with E-state index in [4.69, 9.17) is 0 Å². The van der Waals surface area contributed by atoms with Crippen molar-refractivity contribution in [2.24, 2.45) is 0 Å². The Morgan fingerprint density at radius 2 is 1.68 bits per heavy atom. The molecule has 1 unspecified atom stereocenters. The van der Waals surface area contributed by atoms with E-state index in [1.165, 1.54) is 0 Å². The van der Waals surface area contributed by atoms with Gasteiger partial charge in [0.05, 0.1) is 6.04 Å². The molecule has 0 aliphatic carbocycles. The number of piperazine rings is 1. The van der Waals surface area contributed by atoms with Crippen LogP contribution in [0.25, 0.3) is 0 Å². The van der Waals surface area contributed by atoms with Gasteiger partial charge in [0.15, 0.2) is 0 Å². The van der Waals surface area contributed by atoms with Crippen LogP contribution in [-0.4, -0.2) is 95.5 Å². The van der Waals surface area contributed by atoms with Gasteiger partial charge in [-0.3, -0.25) is 14.6 Å². The molecule has 3 aliphatic heterocycles. The zero-order chi connectivity index (χ0) is 17.2. The Morgan fingerprint density at radius 1 is 0.960 bits per heavy atom. The second-order valence-electron chi connectivity index (χ2n) is 7.45. The Kier molecular flexibility index (Phi) is 4.85. The molecule has 4 rings (SSSR count). The summed E-state index contributed by atoms with van der Waals surface area (Å²) in [5, 5.41) is 0. The van der Waals surface area contributed by atoms with Crippen molar-refractivity contribution in [3.8, 4) is 0 Å². The van der Waals surface area contributed by atoms with Gasteiger partial charge in [-0.2, -0.15) is 0 Å². The number of nitrogens with zero attached hydrogens (tertiary/aromatic N) is 6. The molecule has 1 aromatic heterocycles. The van der Waals surface area contributed by atoms with Crippen LogP contribution in [0.15, 0.2) is 18.5 Å². The molecule has 1 amide bonds. The van der Waals surface area contributed by atoms with Gasteiger partial charge in [0.1, 0.15) is 0 Å². The molecule has 7 nitrogen and oxygen atoms in total. The Labute approximate surface area is 149 Å². The van der Waals surface area contributed by atoms with Gasteiger partial charge < -0.3 is 9.80 Å². The van der Waals surface area contributed by atoms with E-state index in [9.17, 15) is 4.79 Å². The van der Waals surface area contributed by atoms with Gasteiger partial charge in [0.2, 0.25) is 11.9 Å². The van der Waals surface area contributed by atoms with Crippen LogP contribution in [0.5, 0.6) is 0 Å². The first kappa shape index (κ1) is 16.7. The Hall–Kier alpha value is -1.73. The third-order valence-electron chi connectivity index (χ3n) is 5.88. The molecule has 3 saturated heterocycles. The van der Waals surface area contributed by atoms with Crippen molar-refractivity contribution in [3.05, 3.63) is 18.5 Å². The van der Waals surface area contributed by atoms with Crippen LogP contribution in [0, 0.1) is 0 Å². The van der Waals surface area contributed by atoms with Gasteiger partial charge in [-0.05, 0) is 25.3 Å². The van der Waals surface area contributed by atoms with Crippen LogP contribution in [0.2, 0.25) is 0 Å². The highest BCUT2D eigenvalue weighted by Gasteiger charge is 2.40. The summed E-state index contributed by atoms with van der Waals surface area (Å²) in [5.41, 5.74) is 0. The van der Waals surface area contributed by atoms with Crippen molar-refractivity contribution in [1.82, 2.24) is 24.7 Å². The summed E-state index contributed by atoms with van der Waals surface area (Å²) in [6, 6.07) is 2.57.